The molecule has 1 fully saturated rings. The van der Waals surface area contributed by atoms with Crippen molar-refractivity contribution in [1.82, 2.24) is 9.55 Å². The molecule has 1 aliphatic rings. The van der Waals surface area contributed by atoms with Crippen LogP contribution in [0.1, 0.15) is 38.4 Å². The van der Waals surface area contributed by atoms with E-state index < -0.39 is 0 Å². The molecule has 4 nitrogen and oxygen atoms in total. The van der Waals surface area contributed by atoms with Crippen LogP contribution in [-0.2, 0) is 13.2 Å². The van der Waals surface area contributed by atoms with E-state index in [4.69, 9.17) is 5.73 Å². The van der Waals surface area contributed by atoms with Crippen LogP contribution in [0.25, 0.3) is 11.0 Å². The van der Waals surface area contributed by atoms with E-state index >= 15 is 0 Å². The number of nitrogens with zero attached hydrogens (tertiary/aromatic N) is 2. The second kappa shape index (κ2) is 4.53. The van der Waals surface area contributed by atoms with E-state index in [2.05, 4.69) is 16.5 Å². The van der Waals surface area contributed by atoms with Crippen molar-refractivity contribution in [3.05, 3.63) is 24.0 Å². The number of nitrogens with two attached hydrogens (primary N) is 1. The first-order valence-electron chi connectivity index (χ1n) is 7.03. The lowest BCUT2D eigenvalue weighted by atomic mass is 10.0. The highest BCUT2D eigenvalue weighted by atomic mass is 16.3. The van der Waals surface area contributed by atoms with Gasteiger partial charge in [0.15, 0.2) is 0 Å². The van der Waals surface area contributed by atoms with E-state index in [1.54, 1.807) is 0 Å². The van der Waals surface area contributed by atoms with Gasteiger partial charge in [0.05, 0.1) is 11.0 Å². The molecular formula is C15H21N3O. The highest BCUT2D eigenvalue weighted by Crippen LogP contribution is 2.51. The quantitative estimate of drug-likeness (QED) is 0.811. The number of nitrogen functional groups attached to an aromatic ring is 1. The molecule has 0 bridgehead atoms. The Bertz CT molecular complexity index is 599. The molecule has 1 saturated carbocycles. The van der Waals surface area contributed by atoms with Gasteiger partial charge < -0.3 is 15.4 Å². The summed E-state index contributed by atoms with van der Waals surface area (Å²) in [5, 5.41) is 9.52. The van der Waals surface area contributed by atoms with Crippen LogP contribution in [0.2, 0.25) is 0 Å². The van der Waals surface area contributed by atoms with Crippen LogP contribution in [0.3, 0.4) is 0 Å². The molecule has 2 aromatic rings. The third-order valence-electron chi connectivity index (χ3n) is 4.22. The monoisotopic (exact) mass is 259 g/mol. The predicted octanol–water partition coefficient (Wildman–Crippen LogP) is 2.69. The van der Waals surface area contributed by atoms with E-state index in [0.717, 1.165) is 29.1 Å². The lowest BCUT2D eigenvalue weighted by Crippen LogP contribution is -2.14. The number of hydrogen-bond acceptors (Lipinski definition) is 3. The lowest BCUT2D eigenvalue weighted by molar-refractivity contribution is 0.259. The van der Waals surface area contributed by atoms with Gasteiger partial charge in [-0.25, -0.2) is 4.98 Å². The Kier molecular flexibility index (Phi) is 2.97. The molecule has 1 aromatic heterocycles. The molecule has 4 heteroatoms. The van der Waals surface area contributed by atoms with E-state index in [1.807, 2.05) is 18.2 Å². The average Bonchev–Trinajstić information content (AvgIpc) is 3.06. The zero-order valence-corrected chi connectivity index (χ0v) is 11.4. The summed E-state index contributed by atoms with van der Waals surface area (Å²) in [6, 6.07) is 5.80. The molecule has 0 radical (unpaired) electrons. The number of imidazole rings is 1. The third kappa shape index (κ3) is 2.21. The Hall–Kier alpha value is -1.55. The third-order valence-corrected chi connectivity index (χ3v) is 4.22. The van der Waals surface area contributed by atoms with Crippen LogP contribution in [0, 0.1) is 5.41 Å². The molecule has 3 N–H and O–H groups in total. The van der Waals surface area contributed by atoms with Gasteiger partial charge in [-0.1, -0.05) is 13.3 Å². The normalized spacial score (nSPS) is 16.9. The standard InChI is InChI=1S/C15H21N3O/c1-2-5-15(6-7-15)10-18-13-4-3-11(16)8-12(13)17-14(18)9-19/h3-4,8,19H,2,5-7,9-10,16H2,1H3. The van der Waals surface area contributed by atoms with Crippen LogP contribution in [-0.4, -0.2) is 14.7 Å². The first kappa shape index (κ1) is 12.5. The number of aliphatic hydroxyl groups excluding tert-OH is 1. The zero-order chi connectivity index (χ0) is 13.5. The Labute approximate surface area is 113 Å². The number of benzene rings is 1. The van der Waals surface area contributed by atoms with Crippen LogP contribution in [0.5, 0.6) is 0 Å². The zero-order valence-electron chi connectivity index (χ0n) is 11.4. The Balaban J connectivity index is 2.01. The van der Waals surface area contributed by atoms with Crippen molar-refractivity contribution in [2.45, 2.75) is 45.8 Å². The molecule has 3 rings (SSSR count). The maximum atomic E-state index is 9.52. The van der Waals surface area contributed by atoms with Crippen LogP contribution in [0.4, 0.5) is 5.69 Å². The van der Waals surface area contributed by atoms with Crippen molar-refractivity contribution >= 4 is 16.7 Å². The molecule has 0 amide bonds. The molecule has 1 aromatic carbocycles. The first-order valence-corrected chi connectivity index (χ1v) is 7.03. The highest BCUT2D eigenvalue weighted by molar-refractivity contribution is 5.79. The lowest BCUT2D eigenvalue weighted by Gasteiger charge is -2.17. The largest absolute Gasteiger partial charge is 0.399 e. The second-order valence-electron chi connectivity index (χ2n) is 5.77. The Morgan fingerprint density at radius 3 is 2.84 bits per heavy atom. The summed E-state index contributed by atoms with van der Waals surface area (Å²) in [5.74, 6) is 0.753. The minimum absolute atomic E-state index is 0.0171. The Morgan fingerprint density at radius 1 is 1.42 bits per heavy atom. The SMILES string of the molecule is CCCC1(Cn2c(CO)nc3cc(N)ccc32)CC1. The molecule has 0 saturated heterocycles. The van der Waals surface area contributed by atoms with Crippen LogP contribution in [0.15, 0.2) is 18.2 Å². The van der Waals surface area contributed by atoms with Crippen LogP contribution >= 0.6 is 0 Å². The number of anilines is 1. The molecule has 1 heterocycles. The van der Waals surface area contributed by atoms with E-state index in [-0.39, 0.29) is 6.61 Å². The maximum absolute atomic E-state index is 9.52. The molecular weight excluding hydrogens is 238 g/mol. The Morgan fingerprint density at radius 2 is 2.21 bits per heavy atom. The molecule has 0 unspecified atom stereocenters. The summed E-state index contributed by atoms with van der Waals surface area (Å²) in [7, 11) is 0. The van der Waals surface area contributed by atoms with Crippen molar-refractivity contribution < 1.29 is 5.11 Å². The maximum Gasteiger partial charge on any atom is 0.135 e. The smallest absolute Gasteiger partial charge is 0.135 e. The number of hydrogen-bond donors (Lipinski definition) is 2. The van der Waals surface area contributed by atoms with Crippen molar-refractivity contribution in [3.63, 3.8) is 0 Å². The molecule has 102 valence electrons. The van der Waals surface area contributed by atoms with Crippen molar-refractivity contribution in [2.24, 2.45) is 5.41 Å². The van der Waals surface area contributed by atoms with Gasteiger partial charge >= 0.3 is 0 Å². The number of rotatable bonds is 5. The number of fused-ring (bicyclic) bond motifs is 1. The number of aliphatic hydroxyl groups is 1. The van der Waals surface area contributed by atoms with E-state index in [0.29, 0.717) is 5.41 Å². The van der Waals surface area contributed by atoms with Gasteiger partial charge in [0.1, 0.15) is 12.4 Å². The van der Waals surface area contributed by atoms with Gasteiger partial charge in [0.2, 0.25) is 0 Å². The molecule has 1 aliphatic carbocycles. The van der Waals surface area contributed by atoms with Crippen LogP contribution < -0.4 is 5.73 Å². The summed E-state index contributed by atoms with van der Waals surface area (Å²) in [6.07, 6.45) is 5.06. The van der Waals surface area contributed by atoms with Crippen molar-refractivity contribution in [1.29, 1.82) is 0 Å². The summed E-state index contributed by atoms with van der Waals surface area (Å²) >= 11 is 0. The molecule has 0 atom stereocenters. The summed E-state index contributed by atoms with van der Waals surface area (Å²) in [4.78, 5) is 4.50. The fourth-order valence-corrected chi connectivity index (χ4v) is 3.02. The minimum Gasteiger partial charge on any atom is -0.399 e. The minimum atomic E-state index is -0.0171. The van der Waals surface area contributed by atoms with Gasteiger partial charge in [-0.05, 0) is 42.9 Å². The van der Waals surface area contributed by atoms with Gasteiger partial charge in [-0.3, -0.25) is 0 Å². The molecule has 0 aliphatic heterocycles. The summed E-state index contributed by atoms with van der Waals surface area (Å²) in [5.41, 5.74) is 8.93. The van der Waals surface area contributed by atoms with Gasteiger partial charge in [0, 0.05) is 12.2 Å². The second-order valence-corrected chi connectivity index (χ2v) is 5.77. The molecule has 0 spiro atoms. The van der Waals surface area contributed by atoms with E-state index in [9.17, 15) is 5.11 Å². The number of aromatic nitrogens is 2. The highest BCUT2D eigenvalue weighted by Gasteiger charge is 2.42. The van der Waals surface area contributed by atoms with Crippen molar-refractivity contribution in [3.8, 4) is 0 Å². The first-order chi connectivity index (χ1) is 9.17. The van der Waals surface area contributed by atoms with Crippen molar-refractivity contribution in [2.75, 3.05) is 5.73 Å². The van der Waals surface area contributed by atoms with Gasteiger partial charge in [-0.15, -0.1) is 0 Å². The van der Waals surface area contributed by atoms with E-state index in [1.165, 1.54) is 25.7 Å². The fourth-order valence-electron chi connectivity index (χ4n) is 3.02. The predicted molar refractivity (Wildman–Crippen MR) is 76.6 cm³/mol. The van der Waals surface area contributed by atoms with Gasteiger partial charge in [-0.2, -0.15) is 0 Å². The summed E-state index contributed by atoms with van der Waals surface area (Å²) < 4.78 is 2.18. The topological polar surface area (TPSA) is 64.1 Å². The average molecular weight is 259 g/mol. The van der Waals surface area contributed by atoms with Gasteiger partial charge in [0.25, 0.3) is 0 Å². The summed E-state index contributed by atoms with van der Waals surface area (Å²) in [6.45, 7) is 3.19. The fraction of sp³-hybridized carbons (Fsp3) is 0.533. The molecule has 19 heavy (non-hydrogen) atoms.